The smallest absolute Gasteiger partial charge is 0.314 e. The van der Waals surface area contributed by atoms with Crippen molar-refractivity contribution in [1.82, 2.24) is 0 Å². The highest BCUT2D eigenvalue weighted by Gasteiger charge is 2.63. The highest BCUT2D eigenvalue weighted by atomic mass is 32.2. The Morgan fingerprint density at radius 1 is 1.46 bits per heavy atom. The van der Waals surface area contributed by atoms with Crippen LogP contribution in [0.2, 0.25) is 0 Å². The molecule has 76 valence electrons. The summed E-state index contributed by atoms with van der Waals surface area (Å²) in [6, 6.07) is 0. The molecule has 0 aliphatic carbocycles. The first-order valence-electron chi connectivity index (χ1n) is 3.73. The number of hydrogen-bond donors (Lipinski definition) is 1. The lowest BCUT2D eigenvalue weighted by Gasteiger charge is -2.43. The zero-order chi connectivity index (χ0) is 10.5. The lowest BCUT2D eigenvalue weighted by atomic mass is 9.77. The molecule has 0 amide bonds. The lowest BCUT2D eigenvalue weighted by Crippen LogP contribution is -2.63. The van der Waals surface area contributed by atoms with Gasteiger partial charge in [-0.25, -0.2) is 12.8 Å². The minimum atomic E-state index is -3.34. The maximum atomic E-state index is 13.4. The fourth-order valence-electron chi connectivity index (χ4n) is 1.43. The molecule has 0 aromatic heterocycles. The van der Waals surface area contributed by atoms with E-state index in [0.29, 0.717) is 0 Å². The molecule has 0 unspecified atom stereocenters. The van der Waals surface area contributed by atoms with Crippen molar-refractivity contribution >= 4 is 15.8 Å². The third-order valence-electron chi connectivity index (χ3n) is 2.48. The highest BCUT2D eigenvalue weighted by Crippen LogP contribution is 2.44. The van der Waals surface area contributed by atoms with Gasteiger partial charge in [0.05, 0.1) is 11.5 Å². The van der Waals surface area contributed by atoms with Gasteiger partial charge in [-0.05, 0) is 13.8 Å². The monoisotopic (exact) mass is 210 g/mol. The molecule has 1 rings (SSSR count). The molecule has 0 atom stereocenters. The number of halogens is 1. The Hall–Kier alpha value is -0.650. The molecule has 1 aliphatic rings. The Morgan fingerprint density at radius 3 is 1.92 bits per heavy atom. The molecule has 6 heteroatoms. The molecule has 0 spiro atoms. The third kappa shape index (κ3) is 1.43. The van der Waals surface area contributed by atoms with Crippen molar-refractivity contribution in [1.29, 1.82) is 0 Å². The van der Waals surface area contributed by atoms with Gasteiger partial charge in [0.1, 0.15) is 11.1 Å². The Labute approximate surface area is 75.7 Å². The van der Waals surface area contributed by atoms with Gasteiger partial charge in [0.15, 0.2) is 9.84 Å². The predicted molar refractivity (Wildman–Crippen MR) is 43.9 cm³/mol. The number of hydrogen-bond acceptors (Lipinski definition) is 3. The number of sulfone groups is 1. The van der Waals surface area contributed by atoms with Crippen molar-refractivity contribution in [2.45, 2.75) is 19.5 Å². The SMILES string of the molecule is CC(C)(F)C1(C(=O)O)CS(=O)(=O)C1. The normalized spacial score (nSPS) is 24.8. The molecule has 1 N–H and O–H groups in total. The summed E-state index contributed by atoms with van der Waals surface area (Å²) in [5.74, 6) is -2.58. The minimum absolute atomic E-state index is 0.598. The number of carbonyl (C=O) groups is 1. The van der Waals surface area contributed by atoms with Crippen LogP contribution in [0.1, 0.15) is 13.8 Å². The van der Waals surface area contributed by atoms with E-state index in [1.165, 1.54) is 0 Å². The van der Waals surface area contributed by atoms with Crippen LogP contribution in [0.5, 0.6) is 0 Å². The predicted octanol–water partition coefficient (Wildman–Crippen LogP) is 0.234. The lowest BCUT2D eigenvalue weighted by molar-refractivity contribution is -0.155. The van der Waals surface area contributed by atoms with E-state index in [1.54, 1.807) is 0 Å². The second-order valence-electron chi connectivity index (χ2n) is 3.89. The number of carboxylic acid groups (broad SMARTS) is 1. The van der Waals surface area contributed by atoms with Crippen LogP contribution in [0.25, 0.3) is 0 Å². The summed E-state index contributed by atoms with van der Waals surface area (Å²) in [4.78, 5) is 10.7. The number of rotatable bonds is 2. The van der Waals surface area contributed by atoms with Crippen molar-refractivity contribution in [3.8, 4) is 0 Å². The van der Waals surface area contributed by atoms with Gasteiger partial charge in [-0.3, -0.25) is 4.79 Å². The Balaban J connectivity index is 3.04. The number of carboxylic acids is 1. The van der Waals surface area contributed by atoms with Crippen LogP contribution in [0.15, 0.2) is 0 Å². The van der Waals surface area contributed by atoms with E-state index in [2.05, 4.69) is 0 Å². The van der Waals surface area contributed by atoms with Crippen LogP contribution in [0.3, 0.4) is 0 Å². The van der Waals surface area contributed by atoms with Gasteiger partial charge in [-0.15, -0.1) is 0 Å². The number of aliphatic carboxylic acids is 1. The maximum Gasteiger partial charge on any atom is 0.314 e. The van der Waals surface area contributed by atoms with Crippen molar-refractivity contribution in [3.05, 3.63) is 0 Å². The van der Waals surface area contributed by atoms with E-state index in [-0.39, 0.29) is 0 Å². The molecule has 1 fully saturated rings. The topological polar surface area (TPSA) is 71.4 Å². The minimum Gasteiger partial charge on any atom is -0.481 e. The van der Waals surface area contributed by atoms with Crippen molar-refractivity contribution in [3.63, 3.8) is 0 Å². The van der Waals surface area contributed by atoms with Gasteiger partial charge in [-0.2, -0.15) is 0 Å². The highest BCUT2D eigenvalue weighted by molar-refractivity contribution is 7.93. The van der Waals surface area contributed by atoms with Gasteiger partial charge in [-0.1, -0.05) is 0 Å². The number of alkyl halides is 1. The van der Waals surface area contributed by atoms with E-state index in [4.69, 9.17) is 5.11 Å². The molecule has 0 saturated carbocycles. The summed E-state index contributed by atoms with van der Waals surface area (Å²) in [5.41, 5.74) is -3.75. The van der Waals surface area contributed by atoms with Gasteiger partial charge in [0, 0.05) is 0 Å². The van der Waals surface area contributed by atoms with Gasteiger partial charge in [0.25, 0.3) is 0 Å². The van der Waals surface area contributed by atoms with Crippen LogP contribution in [0.4, 0.5) is 4.39 Å². The van der Waals surface area contributed by atoms with Crippen LogP contribution < -0.4 is 0 Å². The molecule has 1 aliphatic heterocycles. The zero-order valence-corrected chi connectivity index (χ0v) is 8.19. The summed E-state index contributed by atoms with van der Waals surface area (Å²) in [5, 5.41) is 8.75. The first-order valence-corrected chi connectivity index (χ1v) is 5.56. The van der Waals surface area contributed by atoms with E-state index >= 15 is 0 Å². The van der Waals surface area contributed by atoms with Gasteiger partial charge in [0.2, 0.25) is 0 Å². The standard InChI is InChI=1S/C7H11FO4S/c1-6(2,8)7(5(9)10)3-13(11,12)4-7/h3-4H2,1-2H3,(H,9,10). The van der Waals surface area contributed by atoms with Crippen molar-refractivity contribution in [2.24, 2.45) is 5.41 Å². The fourth-order valence-corrected chi connectivity index (χ4v) is 3.78. The Morgan fingerprint density at radius 2 is 1.85 bits per heavy atom. The molecule has 1 saturated heterocycles. The Kier molecular flexibility index (Phi) is 1.95. The average Bonchev–Trinajstić information content (AvgIpc) is 1.78. The molecular formula is C7H11FO4S. The van der Waals surface area contributed by atoms with Crippen LogP contribution >= 0.6 is 0 Å². The first kappa shape index (κ1) is 10.4. The molecular weight excluding hydrogens is 199 g/mol. The van der Waals surface area contributed by atoms with Crippen LogP contribution in [0, 0.1) is 5.41 Å². The zero-order valence-electron chi connectivity index (χ0n) is 7.37. The molecule has 13 heavy (non-hydrogen) atoms. The van der Waals surface area contributed by atoms with Crippen LogP contribution in [-0.2, 0) is 14.6 Å². The first-order chi connectivity index (χ1) is 5.61. The van der Waals surface area contributed by atoms with Gasteiger partial charge < -0.3 is 5.11 Å². The fraction of sp³-hybridized carbons (Fsp3) is 0.857. The molecule has 0 radical (unpaired) electrons. The summed E-state index contributed by atoms with van der Waals surface area (Å²) < 4.78 is 35.1. The second-order valence-corrected chi connectivity index (χ2v) is 5.96. The summed E-state index contributed by atoms with van der Waals surface area (Å²) in [6.07, 6.45) is 0. The van der Waals surface area contributed by atoms with Crippen molar-refractivity contribution in [2.75, 3.05) is 11.5 Å². The molecule has 0 aromatic rings. The summed E-state index contributed by atoms with van der Waals surface area (Å²) >= 11 is 0. The van der Waals surface area contributed by atoms with E-state index in [1.807, 2.05) is 0 Å². The maximum absolute atomic E-state index is 13.4. The quantitative estimate of drug-likeness (QED) is 0.708. The Bertz CT molecular complexity index is 326. The molecule has 0 bridgehead atoms. The van der Waals surface area contributed by atoms with E-state index in [9.17, 15) is 17.6 Å². The van der Waals surface area contributed by atoms with E-state index in [0.717, 1.165) is 13.8 Å². The summed E-state index contributed by atoms with van der Waals surface area (Å²) in [6.45, 7) is 2.19. The van der Waals surface area contributed by atoms with Crippen molar-refractivity contribution < 1.29 is 22.7 Å². The largest absolute Gasteiger partial charge is 0.481 e. The van der Waals surface area contributed by atoms with Crippen LogP contribution in [-0.4, -0.2) is 36.7 Å². The average molecular weight is 210 g/mol. The van der Waals surface area contributed by atoms with Gasteiger partial charge >= 0.3 is 5.97 Å². The molecule has 0 aromatic carbocycles. The second kappa shape index (κ2) is 2.43. The molecule has 1 heterocycles. The summed E-state index contributed by atoms with van der Waals surface area (Å²) in [7, 11) is -3.34. The third-order valence-corrected chi connectivity index (χ3v) is 4.35. The molecule has 4 nitrogen and oxygen atoms in total. The van der Waals surface area contributed by atoms with E-state index < -0.39 is 38.4 Å².